The molecule has 0 radical (unpaired) electrons. The summed E-state index contributed by atoms with van der Waals surface area (Å²) in [5.74, 6) is 0. The SMILES string of the molecule is CCCC1=[C]([Y])CC=C1. The van der Waals surface area contributed by atoms with Crippen molar-refractivity contribution in [3.05, 3.63) is 20.1 Å². The Bertz CT molecular complexity index is 154. The van der Waals surface area contributed by atoms with Gasteiger partial charge in [0.05, 0.1) is 0 Å². The molecule has 0 bridgehead atoms. The number of rotatable bonds is 2. The summed E-state index contributed by atoms with van der Waals surface area (Å²) >= 11 is 1.33. The van der Waals surface area contributed by atoms with Crippen LogP contribution in [0.25, 0.3) is 0 Å². The van der Waals surface area contributed by atoms with Gasteiger partial charge in [-0.2, -0.15) is 0 Å². The number of hydrogen-bond donors (Lipinski definition) is 0. The van der Waals surface area contributed by atoms with Crippen molar-refractivity contribution >= 4 is 0 Å². The van der Waals surface area contributed by atoms with Crippen molar-refractivity contribution in [2.75, 3.05) is 0 Å². The molecule has 0 fully saturated rings. The quantitative estimate of drug-likeness (QED) is 0.636. The molecule has 0 aliphatic heterocycles. The summed E-state index contributed by atoms with van der Waals surface area (Å²) in [4.78, 5) is 0. The van der Waals surface area contributed by atoms with Crippen molar-refractivity contribution in [1.29, 1.82) is 0 Å². The Hall–Kier alpha value is 0.584. The first-order chi connectivity index (χ1) is 4.34. The summed E-state index contributed by atoms with van der Waals surface area (Å²) in [6, 6.07) is 0. The summed E-state index contributed by atoms with van der Waals surface area (Å²) in [6.45, 7) is 2.24. The summed E-state index contributed by atoms with van der Waals surface area (Å²) in [5, 5.41) is 0. The molecule has 0 saturated heterocycles. The Morgan fingerprint density at radius 3 is 2.89 bits per heavy atom. The van der Waals surface area contributed by atoms with Gasteiger partial charge in [0.2, 0.25) is 0 Å². The molecule has 9 heavy (non-hydrogen) atoms. The molecule has 1 aliphatic rings. The van der Waals surface area contributed by atoms with Crippen LogP contribution in [0, 0.1) is 0 Å². The fourth-order valence-electron chi connectivity index (χ4n) is 1.08. The summed E-state index contributed by atoms with van der Waals surface area (Å²) in [5.41, 5.74) is 1.62. The third kappa shape index (κ3) is 2.02. The molecule has 0 unspecified atom stereocenters. The Balaban J connectivity index is 2.54. The maximum atomic E-state index is 2.30. The van der Waals surface area contributed by atoms with Crippen molar-refractivity contribution in [1.82, 2.24) is 0 Å². The zero-order valence-electron chi connectivity index (χ0n) is 5.85. The van der Waals surface area contributed by atoms with E-state index in [1.165, 1.54) is 50.2 Å². The van der Waals surface area contributed by atoms with Crippen LogP contribution in [0.4, 0.5) is 0 Å². The van der Waals surface area contributed by atoms with Gasteiger partial charge < -0.3 is 0 Å². The monoisotopic (exact) mass is 196 g/mol. The van der Waals surface area contributed by atoms with Crippen molar-refractivity contribution in [3.63, 3.8) is 0 Å². The van der Waals surface area contributed by atoms with Crippen LogP contribution in [-0.2, 0) is 31.0 Å². The molecule has 0 amide bonds. The molecule has 0 aromatic rings. The molecule has 0 nitrogen and oxygen atoms in total. The molecule has 0 heterocycles. The molecule has 1 aliphatic carbocycles. The van der Waals surface area contributed by atoms with Crippen LogP contribution >= 0.6 is 0 Å². The Morgan fingerprint density at radius 1 is 1.67 bits per heavy atom. The minimum atomic E-state index is 1.25. The molecule has 1 rings (SSSR count). The standard InChI is InChI=1S/C8H11.Y/c1-2-5-8-6-3-4-7-8;/h3,6H,2,4-5H2,1H3;. The van der Waals surface area contributed by atoms with Gasteiger partial charge in [-0.05, 0) is 0 Å². The maximum absolute atomic E-state index is 2.30. The van der Waals surface area contributed by atoms with Gasteiger partial charge in [-0.3, -0.25) is 0 Å². The zero-order valence-corrected chi connectivity index (χ0v) is 8.69. The summed E-state index contributed by atoms with van der Waals surface area (Å²) < 4.78 is 1.70. The van der Waals surface area contributed by atoms with E-state index < -0.39 is 0 Å². The molecule has 0 aromatic carbocycles. The van der Waals surface area contributed by atoms with E-state index in [4.69, 9.17) is 0 Å². The van der Waals surface area contributed by atoms with Gasteiger partial charge >= 0.3 is 77.2 Å². The van der Waals surface area contributed by atoms with Crippen LogP contribution in [0.15, 0.2) is 20.1 Å². The molecule has 0 spiro atoms. The van der Waals surface area contributed by atoms with Gasteiger partial charge in [-0.15, -0.1) is 0 Å². The molecular formula is C8H11Y. The van der Waals surface area contributed by atoms with Gasteiger partial charge in [0.15, 0.2) is 0 Å². The average molecular weight is 196 g/mol. The number of allylic oxidation sites excluding steroid dienone is 4. The topological polar surface area (TPSA) is 0 Å². The Kier molecular flexibility index (Phi) is 3.14. The van der Waals surface area contributed by atoms with E-state index in [0.29, 0.717) is 0 Å². The third-order valence-electron chi connectivity index (χ3n) is 1.59. The van der Waals surface area contributed by atoms with E-state index >= 15 is 0 Å². The summed E-state index contributed by atoms with van der Waals surface area (Å²) in [7, 11) is 0. The first-order valence-electron chi connectivity index (χ1n) is 3.48. The normalized spacial score (nSPS) is 17.3. The first-order valence-corrected chi connectivity index (χ1v) is 4.90. The van der Waals surface area contributed by atoms with Gasteiger partial charge in [-0.1, -0.05) is 0 Å². The summed E-state index contributed by atoms with van der Waals surface area (Å²) in [6.07, 6.45) is 8.42. The third-order valence-corrected chi connectivity index (χ3v) is 3.08. The van der Waals surface area contributed by atoms with Crippen molar-refractivity contribution in [2.24, 2.45) is 0 Å². The van der Waals surface area contributed by atoms with E-state index in [1.54, 1.807) is 7.96 Å². The van der Waals surface area contributed by atoms with Crippen LogP contribution in [0.2, 0.25) is 0 Å². The van der Waals surface area contributed by atoms with E-state index in [9.17, 15) is 0 Å². The second-order valence-electron chi connectivity index (χ2n) is 2.41. The van der Waals surface area contributed by atoms with E-state index in [1.807, 2.05) is 0 Å². The predicted octanol–water partition coefficient (Wildman–Crippen LogP) is 2.55. The van der Waals surface area contributed by atoms with Crippen molar-refractivity contribution < 1.29 is 31.0 Å². The predicted molar refractivity (Wildman–Crippen MR) is 35.7 cm³/mol. The van der Waals surface area contributed by atoms with Crippen molar-refractivity contribution in [2.45, 2.75) is 26.2 Å². The molecule has 0 atom stereocenters. The van der Waals surface area contributed by atoms with Gasteiger partial charge in [0.1, 0.15) is 0 Å². The fraction of sp³-hybridized carbons (Fsp3) is 0.500. The molecule has 0 N–H and O–H groups in total. The molecule has 0 saturated carbocycles. The first kappa shape index (κ1) is 7.69. The Morgan fingerprint density at radius 2 is 2.44 bits per heavy atom. The number of hydrogen-bond acceptors (Lipinski definition) is 0. The van der Waals surface area contributed by atoms with E-state index in [-0.39, 0.29) is 0 Å². The van der Waals surface area contributed by atoms with E-state index in [2.05, 4.69) is 19.1 Å². The van der Waals surface area contributed by atoms with Crippen LogP contribution < -0.4 is 0 Å². The second kappa shape index (κ2) is 3.68. The van der Waals surface area contributed by atoms with Crippen LogP contribution in [0.1, 0.15) is 26.2 Å². The van der Waals surface area contributed by atoms with Crippen molar-refractivity contribution in [3.8, 4) is 0 Å². The Labute approximate surface area is 76.8 Å². The minimum absolute atomic E-state index is 1.25. The van der Waals surface area contributed by atoms with Crippen LogP contribution in [0.5, 0.6) is 0 Å². The zero-order chi connectivity index (χ0) is 6.69. The van der Waals surface area contributed by atoms with E-state index in [0.717, 1.165) is 0 Å². The van der Waals surface area contributed by atoms with Gasteiger partial charge in [-0.25, -0.2) is 0 Å². The second-order valence-corrected chi connectivity index (χ2v) is 4.12. The molecule has 0 aromatic heterocycles. The van der Waals surface area contributed by atoms with Gasteiger partial charge in [0.25, 0.3) is 0 Å². The van der Waals surface area contributed by atoms with Gasteiger partial charge in [0, 0.05) is 0 Å². The molecule has 1 heteroatoms. The average Bonchev–Trinajstić information content (AvgIpc) is 2.18. The molecule has 46 valence electrons. The van der Waals surface area contributed by atoms with Crippen LogP contribution in [0.3, 0.4) is 0 Å². The molecular weight excluding hydrogens is 185 g/mol. The fourth-order valence-corrected chi connectivity index (χ4v) is 2.01. The van der Waals surface area contributed by atoms with Crippen LogP contribution in [-0.4, -0.2) is 0 Å².